The van der Waals surface area contributed by atoms with Gasteiger partial charge in [-0.1, -0.05) is 166 Å². The maximum absolute atomic E-state index is 13.1. The lowest BCUT2D eigenvalue weighted by Gasteiger charge is -2.23. The van der Waals surface area contributed by atoms with Gasteiger partial charge in [-0.2, -0.15) is 0 Å². The molecule has 0 rings (SSSR count). The number of allylic oxidation sites excluding steroid dienone is 8. The fourth-order valence-corrected chi connectivity index (χ4v) is 6.74. The monoisotopic (exact) mass is 841 g/mol. The lowest BCUT2D eigenvalue weighted by Crippen LogP contribution is -2.37. The van der Waals surface area contributed by atoms with E-state index in [1.165, 1.54) is 70.6 Å². The van der Waals surface area contributed by atoms with Crippen molar-refractivity contribution in [3.8, 4) is 0 Å². The number of ketones is 1. The second-order valence-corrected chi connectivity index (χ2v) is 17.4. The zero-order valence-corrected chi connectivity index (χ0v) is 39.6. The first-order valence-electron chi connectivity index (χ1n) is 24.8. The Labute approximate surface area is 369 Å². The number of rotatable bonds is 43. The summed E-state index contributed by atoms with van der Waals surface area (Å²) in [4.78, 5) is 51.4. The van der Waals surface area contributed by atoms with Gasteiger partial charge in [0.15, 0.2) is 0 Å². The molecule has 0 N–H and O–H groups in total. The van der Waals surface area contributed by atoms with E-state index in [1.807, 2.05) is 0 Å². The van der Waals surface area contributed by atoms with E-state index in [2.05, 4.69) is 69.4 Å². The summed E-state index contributed by atoms with van der Waals surface area (Å²) in [5, 5.41) is 0. The molecule has 0 aliphatic carbocycles. The Bertz CT molecular complexity index is 1100. The Morgan fingerprint density at radius 1 is 0.400 bits per heavy atom. The van der Waals surface area contributed by atoms with Crippen molar-refractivity contribution in [2.75, 3.05) is 19.8 Å². The minimum absolute atomic E-state index is 0.0184. The second-order valence-electron chi connectivity index (χ2n) is 17.4. The molecule has 0 saturated heterocycles. The van der Waals surface area contributed by atoms with Gasteiger partial charge in [0.1, 0.15) is 31.0 Å². The number of Topliss-reactive ketones (excluding diaryl/α,β-unsaturated/α-hetero) is 1. The van der Waals surface area contributed by atoms with Crippen molar-refractivity contribution in [2.24, 2.45) is 11.3 Å². The highest BCUT2D eigenvalue weighted by molar-refractivity contribution is 6.02. The van der Waals surface area contributed by atoms with Crippen LogP contribution in [0.15, 0.2) is 48.6 Å². The van der Waals surface area contributed by atoms with Gasteiger partial charge in [0.2, 0.25) is 0 Å². The third kappa shape index (κ3) is 36.9. The van der Waals surface area contributed by atoms with Crippen molar-refractivity contribution in [1.29, 1.82) is 0 Å². The molecule has 0 saturated carbocycles. The van der Waals surface area contributed by atoms with Gasteiger partial charge in [0.05, 0.1) is 5.92 Å². The first kappa shape index (κ1) is 57.0. The summed E-state index contributed by atoms with van der Waals surface area (Å²) < 4.78 is 16.8. The fourth-order valence-electron chi connectivity index (χ4n) is 6.74. The molecule has 0 atom stereocenters. The quantitative estimate of drug-likeness (QED) is 0.0198. The van der Waals surface area contributed by atoms with E-state index in [0.717, 1.165) is 109 Å². The summed E-state index contributed by atoms with van der Waals surface area (Å²) in [5.74, 6) is -1.85. The van der Waals surface area contributed by atoms with E-state index >= 15 is 0 Å². The number of carbonyl (C=O) groups excluding carboxylic acids is 4. The zero-order valence-electron chi connectivity index (χ0n) is 39.6. The smallest absolute Gasteiger partial charge is 0.319 e. The molecule has 0 aromatic carbocycles. The molecule has 0 heterocycles. The molecule has 7 heteroatoms. The van der Waals surface area contributed by atoms with Gasteiger partial charge >= 0.3 is 17.9 Å². The van der Waals surface area contributed by atoms with Crippen LogP contribution in [-0.2, 0) is 33.4 Å². The van der Waals surface area contributed by atoms with Crippen LogP contribution in [0.1, 0.15) is 234 Å². The minimum Gasteiger partial charge on any atom is -0.465 e. The molecular formula is C53H92O7. The van der Waals surface area contributed by atoms with Crippen molar-refractivity contribution < 1.29 is 33.4 Å². The Kier molecular flexibility index (Phi) is 40.6. The first-order valence-corrected chi connectivity index (χ1v) is 24.8. The molecule has 60 heavy (non-hydrogen) atoms. The minimum atomic E-state index is -1.27. The van der Waals surface area contributed by atoms with E-state index in [4.69, 9.17) is 14.2 Å². The molecule has 0 aliphatic heterocycles. The average molecular weight is 841 g/mol. The summed E-state index contributed by atoms with van der Waals surface area (Å²) in [6.45, 7) is 9.73. The molecule has 0 aromatic heterocycles. The number of hydrogen-bond donors (Lipinski definition) is 0. The molecular weight excluding hydrogens is 749 g/mol. The van der Waals surface area contributed by atoms with Crippen LogP contribution in [0.25, 0.3) is 0 Å². The van der Waals surface area contributed by atoms with Crippen LogP contribution in [0, 0.1) is 11.3 Å². The maximum Gasteiger partial charge on any atom is 0.319 e. The third-order valence-electron chi connectivity index (χ3n) is 11.0. The molecule has 346 valence electrons. The lowest BCUT2D eigenvalue weighted by molar-refractivity contribution is -0.162. The SMILES string of the molecule is CCCCC/C=C\C/C=C\CCCCCCCC(=O)OCC(COC(=O)CCCCCCC/C=C\C/C=C\CCCCC)COC(=O)C(C)(C)C(=O)CCCCCCCC. The standard InChI is InChI=1S/C53H92O7/c1-6-9-12-15-18-20-22-24-26-28-30-32-34-37-40-43-50(55)58-45-48(47-60-52(57)53(4,5)49(54)42-39-36-17-14-11-8-3)46-59-51(56)44-41-38-35-33-31-29-27-25-23-21-19-16-13-10-7-2/h18-21,24-27,48H,6-17,22-23,28-47H2,1-5H3/b20-18-,21-19-,26-24-,27-25-. The molecule has 7 nitrogen and oxygen atoms in total. The highest BCUT2D eigenvalue weighted by Crippen LogP contribution is 2.23. The number of esters is 3. The van der Waals surface area contributed by atoms with Crippen LogP contribution in [0.5, 0.6) is 0 Å². The van der Waals surface area contributed by atoms with Gasteiger partial charge in [-0.05, 0) is 97.3 Å². The maximum atomic E-state index is 13.1. The number of carbonyl (C=O) groups is 4. The Hall–Kier alpha value is -2.96. The highest BCUT2D eigenvalue weighted by atomic mass is 16.6. The normalized spacial score (nSPS) is 12.2. The number of ether oxygens (including phenoxy) is 3. The van der Waals surface area contributed by atoms with Crippen LogP contribution >= 0.6 is 0 Å². The summed E-state index contributed by atoms with van der Waals surface area (Å²) in [5.41, 5.74) is -1.27. The molecule has 0 fully saturated rings. The Balaban J connectivity index is 4.66. The number of hydrogen-bond acceptors (Lipinski definition) is 7. The van der Waals surface area contributed by atoms with Crippen molar-refractivity contribution in [3.05, 3.63) is 48.6 Å². The van der Waals surface area contributed by atoms with E-state index in [-0.39, 0.29) is 37.5 Å². The van der Waals surface area contributed by atoms with Crippen LogP contribution in [0.4, 0.5) is 0 Å². The fraction of sp³-hybridized carbons (Fsp3) is 0.774. The van der Waals surface area contributed by atoms with Crippen molar-refractivity contribution in [2.45, 2.75) is 234 Å². The van der Waals surface area contributed by atoms with Gasteiger partial charge in [0.25, 0.3) is 0 Å². The third-order valence-corrected chi connectivity index (χ3v) is 11.0. The molecule has 0 amide bonds. The van der Waals surface area contributed by atoms with Gasteiger partial charge in [0, 0.05) is 19.3 Å². The Morgan fingerprint density at radius 2 is 0.717 bits per heavy atom. The summed E-state index contributed by atoms with van der Waals surface area (Å²) >= 11 is 0. The second kappa shape index (κ2) is 42.7. The molecule has 0 spiro atoms. The summed E-state index contributed by atoms with van der Waals surface area (Å²) in [6, 6.07) is 0. The van der Waals surface area contributed by atoms with Crippen LogP contribution in [0.2, 0.25) is 0 Å². The van der Waals surface area contributed by atoms with Crippen LogP contribution in [0.3, 0.4) is 0 Å². The largest absolute Gasteiger partial charge is 0.465 e. The molecule has 0 bridgehead atoms. The predicted octanol–water partition coefficient (Wildman–Crippen LogP) is 15.2. The number of unbranched alkanes of at least 4 members (excludes halogenated alkanes) is 21. The van der Waals surface area contributed by atoms with E-state index in [9.17, 15) is 19.2 Å². The first-order chi connectivity index (χ1) is 29.2. The van der Waals surface area contributed by atoms with Crippen molar-refractivity contribution in [1.82, 2.24) is 0 Å². The summed E-state index contributed by atoms with van der Waals surface area (Å²) in [7, 11) is 0. The van der Waals surface area contributed by atoms with Crippen molar-refractivity contribution in [3.63, 3.8) is 0 Å². The zero-order chi connectivity index (χ0) is 44.2. The average Bonchev–Trinajstić information content (AvgIpc) is 3.24. The molecule has 0 aromatic rings. The van der Waals surface area contributed by atoms with Gasteiger partial charge < -0.3 is 14.2 Å². The topological polar surface area (TPSA) is 96.0 Å². The Morgan fingerprint density at radius 3 is 1.13 bits per heavy atom. The van der Waals surface area contributed by atoms with Crippen LogP contribution in [-0.4, -0.2) is 43.5 Å². The molecule has 0 unspecified atom stereocenters. The predicted molar refractivity (Wildman–Crippen MR) is 252 cm³/mol. The van der Waals surface area contributed by atoms with E-state index in [1.54, 1.807) is 13.8 Å². The van der Waals surface area contributed by atoms with E-state index in [0.29, 0.717) is 19.3 Å². The lowest BCUT2D eigenvalue weighted by atomic mass is 9.85. The van der Waals surface area contributed by atoms with Crippen molar-refractivity contribution >= 4 is 23.7 Å². The molecule has 0 radical (unpaired) electrons. The summed E-state index contributed by atoms with van der Waals surface area (Å²) in [6.07, 6.45) is 49.9. The van der Waals surface area contributed by atoms with Crippen LogP contribution < -0.4 is 0 Å². The highest BCUT2D eigenvalue weighted by Gasteiger charge is 2.37. The van der Waals surface area contributed by atoms with Gasteiger partial charge in [-0.15, -0.1) is 0 Å². The van der Waals surface area contributed by atoms with E-state index < -0.39 is 17.3 Å². The van der Waals surface area contributed by atoms with Gasteiger partial charge in [-0.25, -0.2) is 0 Å². The van der Waals surface area contributed by atoms with Gasteiger partial charge in [-0.3, -0.25) is 19.2 Å². The molecule has 0 aliphatic rings.